The highest BCUT2D eigenvalue weighted by atomic mass is 16.5. The van der Waals surface area contributed by atoms with E-state index in [2.05, 4.69) is 29.1 Å². The molecule has 23 heavy (non-hydrogen) atoms. The van der Waals surface area contributed by atoms with Gasteiger partial charge in [-0.05, 0) is 30.4 Å². The number of nitrogens with zero attached hydrogens (tertiary/aromatic N) is 1. The Balaban J connectivity index is 1.90. The number of rotatable bonds is 8. The molecule has 0 atom stereocenters. The molecule has 5 nitrogen and oxygen atoms in total. The fourth-order valence-electron chi connectivity index (χ4n) is 2.35. The Morgan fingerprint density at radius 2 is 2.09 bits per heavy atom. The average molecular weight is 315 g/mol. The number of benzene rings is 1. The van der Waals surface area contributed by atoms with Gasteiger partial charge in [-0.2, -0.15) is 0 Å². The standard InChI is InChI=1S/C18H25N3O2/c1-18(2,9-8-17(22)19-3)10-11-23-16-7-5-4-6-14(16)15-12-20-13-21-15/h4-7,12-13H,8-11H2,1-3H3,(H,19,22)(H,20,21). The second-order valence-electron chi connectivity index (χ2n) is 6.39. The van der Waals surface area contributed by atoms with Crippen molar-refractivity contribution < 1.29 is 9.53 Å². The first-order valence-electron chi connectivity index (χ1n) is 7.93. The maximum atomic E-state index is 11.4. The van der Waals surface area contributed by atoms with Gasteiger partial charge >= 0.3 is 0 Å². The van der Waals surface area contributed by atoms with Gasteiger partial charge in [0.25, 0.3) is 0 Å². The van der Waals surface area contributed by atoms with E-state index in [9.17, 15) is 4.79 Å². The maximum absolute atomic E-state index is 11.4. The summed E-state index contributed by atoms with van der Waals surface area (Å²) in [4.78, 5) is 18.6. The summed E-state index contributed by atoms with van der Waals surface area (Å²) in [6.07, 6.45) is 5.80. The number of para-hydroxylation sites is 1. The molecule has 0 fully saturated rings. The summed E-state index contributed by atoms with van der Waals surface area (Å²) >= 11 is 0. The van der Waals surface area contributed by atoms with E-state index in [0.717, 1.165) is 29.8 Å². The molecule has 0 aliphatic carbocycles. The Kier molecular flexibility index (Phi) is 5.79. The van der Waals surface area contributed by atoms with E-state index in [0.29, 0.717) is 13.0 Å². The molecular formula is C18H25N3O2. The van der Waals surface area contributed by atoms with Crippen LogP contribution in [-0.4, -0.2) is 29.5 Å². The van der Waals surface area contributed by atoms with Crippen molar-refractivity contribution >= 4 is 5.91 Å². The fraction of sp³-hybridized carbons (Fsp3) is 0.444. The third-order valence-corrected chi connectivity index (χ3v) is 4.01. The third kappa shape index (κ3) is 5.13. The molecule has 2 N–H and O–H groups in total. The lowest BCUT2D eigenvalue weighted by molar-refractivity contribution is -0.121. The molecule has 1 aromatic carbocycles. The number of imidazole rings is 1. The first kappa shape index (κ1) is 17.1. The summed E-state index contributed by atoms with van der Waals surface area (Å²) in [7, 11) is 1.67. The number of carbonyl (C=O) groups excluding carboxylic acids is 1. The molecule has 0 saturated carbocycles. The van der Waals surface area contributed by atoms with Crippen LogP contribution in [0, 0.1) is 5.41 Å². The second-order valence-corrected chi connectivity index (χ2v) is 6.39. The van der Waals surface area contributed by atoms with Crippen LogP contribution >= 0.6 is 0 Å². The highest BCUT2D eigenvalue weighted by Gasteiger charge is 2.19. The fourth-order valence-corrected chi connectivity index (χ4v) is 2.35. The van der Waals surface area contributed by atoms with Crippen molar-refractivity contribution in [3.8, 4) is 17.0 Å². The van der Waals surface area contributed by atoms with E-state index >= 15 is 0 Å². The zero-order valence-corrected chi connectivity index (χ0v) is 14.1. The number of aromatic nitrogens is 2. The number of hydrogen-bond acceptors (Lipinski definition) is 3. The van der Waals surface area contributed by atoms with Crippen molar-refractivity contribution in [1.29, 1.82) is 0 Å². The molecular weight excluding hydrogens is 290 g/mol. The van der Waals surface area contributed by atoms with Crippen LogP contribution in [0.5, 0.6) is 5.75 Å². The monoisotopic (exact) mass is 315 g/mol. The second kappa shape index (κ2) is 7.81. The lowest BCUT2D eigenvalue weighted by atomic mass is 9.84. The van der Waals surface area contributed by atoms with Crippen LogP contribution in [0.4, 0.5) is 0 Å². The summed E-state index contributed by atoms with van der Waals surface area (Å²) < 4.78 is 5.98. The number of carbonyl (C=O) groups is 1. The number of nitrogens with one attached hydrogen (secondary N) is 2. The van der Waals surface area contributed by atoms with Crippen LogP contribution < -0.4 is 10.1 Å². The first-order chi connectivity index (χ1) is 11.0. The Morgan fingerprint density at radius 1 is 1.30 bits per heavy atom. The zero-order valence-electron chi connectivity index (χ0n) is 14.1. The zero-order chi connectivity index (χ0) is 16.7. The topological polar surface area (TPSA) is 67.0 Å². The van der Waals surface area contributed by atoms with Gasteiger partial charge in [0.2, 0.25) is 5.91 Å². The molecule has 0 saturated heterocycles. The summed E-state index contributed by atoms with van der Waals surface area (Å²) in [5, 5.41) is 2.66. The van der Waals surface area contributed by atoms with E-state index in [4.69, 9.17) is 4.74 Å². The number of ether oxygens (including phenoxy) is 1. The highest BCUT2D eigenvalue weighted by Crippen LogP contribution is 2.30. The highest BCUT2D eigenvalue weighted by molar-refractivity contribution is 5.75. The average Bonchev–Trinajstić information content (AvgIpc) is 3.07. The predicted octanol–water partition coefficient (Wildman–Crippen LogP) is 3.40. The van der Waals surface area contributed by atoms with Crippen LogP contribution in [0.15, 0.2) is 36.8 Å². The van der Waals surface area contributed by atoms with E-state index < -0.39 is 0 Å². The Hall–Kier alpha value is -2.30. The van der Waals surface area contributed by atoms with Crippen LogP contribution in [0.25, 0.3) is 11.3 Å². The van der Waals surface area contributed by atoms with Gasteiger partial charge in [0.05, 0.1) is 18.6 Å². The molecule has 1 aromatic heterocycles. The molecule has 1 heterocycles. The number of hydrogen-bond donors (Lipinski definition) is 2. The van der Waals surface area contributed by atoms with Crippen molar-refractivity contribution in [1.82, 2.24) is 15.3 Å². The van der Waals surface area contributed by atoms with Gasteiger partial charge in [-0.1, -0.05) is 26.0 Å². The lowest BCUT2D eigenvalue weighted by Gasteiger charge is -2.24. The minimum Gasteiger partial charge on any atom is -0.493 e. The van der Waals surface area contributed by atoms with Gasteiger partial charge in [-0.25, -0.2) is 4.98 Å². The van der Waals surface area contributed by atoms with Gasteiger partial charge < -0.3 is 15.0 Å². The number of aromatic amines is 1. The van der Waals surface area contributed by atoms with E-state index in [-0.39, 0.29) is 11.3 Å². The number of amides is 1. The molecule has 124 valence electrons. The van der Waals surface area contributed by atoms with Gasteiger partial charge in [0.15, 0.2) is 0 Å². The summed E-state index contributed by atoms with van der Waals surface area (Å²) in [5.74, 6) is 0.921. The Morgan fingerprint density at radius 3 is 2.78 bits per heavy atom. The largest absolute Gasteiger partial charge is 0.493 e. The normalized spacial score (nSPS) is 11.3. The minimum atomic E-state index is 0.0633. The van der Waals surface area contributed by atoms with Gasteiger partial charge in [0.1, 0.15) is 5.75 Å². The molecule has 0 spiro atoms. The van der Waals surface area contributed by atoms with Gasteiger partial charge in [-0.3, -0.25) is 4.79 Å². The molecule has 0 bridgehead atoms. The Bertz CT molecular complexity index is 621. The third-order valence-electron chi connectivity index (χ3n) is 4.01. The first-order valence-corrected chi connectivity index (χ1v) is 7.93. The molecule has 2 rings (SSSR count). The number of H-pyrrole nitrogens is 1. The summed E-state index contributed by atoms with van der Waals surface area (Å²) in [6, 6.07) is 7.90. The van der Waals surface area contributed by atoms with Crippen LogP contribution in [0.1, 0.15) is 33.1 Å². The van der Waals surface area contributed by atoms with Crippen LogP contribution in [0.3, 0.4) is 0 Å². The molecule has 0 aliphatic rings. The maximum Gasteiger partial charge on any atom is 0.219 e. The van der Waals surface area contributed by atoms with Crippen molar-refractivity contribution in [3.63, 3.8) is 0 Å². The van der Waals surface area contributed by atoms with Crippen molar-refractivity contribution in [2.24, 2.45) is 5.41 Å². The smallest absolute Gasteiger partial charge is 0.219 e. The summed E-state index contributed by atoms with van der Waals surface area (Å²) in [6.45, 7) is 4.94. The van der Waals surface area contributed by atoms with Gasteiger partial charge in [0, 0.05) is 25.2 Å². The van der Waals surface area contributed by atoms with Crippen molar-refractivity contribution in [3.05, 3.63) is 36.8 Å². The molecule has 2 aromatic rings. The minimum absolute atomic E-state index is 0.0633. The van der Waals surface area contributed by atoms with E-state index in [1.807, 2.05) is 30.5 Å². The summed E-state index contributed by atoms with van der Waals surface area (Å²) in [5.41, 5.74) is 1.92. The van der Waals surface area contributed by atoms with Crippen LogP contribution in [-0.2, 0) is 4.79 Å². The molecule has 1 amide bonds. The molecule has 0 radical (unpaired) electrons. The lowest BCUT2D eigenvalue weighted by Crippen LogP contribution is -2.22. The molecule has 0 unspecified atom stereocenters. The van der Waals surface area contributed by atoms with E-state index in [1.165, 1.54) is 0 Å². The SMILES string of the molecule is CNC(=O)CCC(C)(C)CCOc1ccccc1-c1c[nH]cn1. The Labute approximate surface area is 137 Å². The quantitative estimate of drug-likeness (QED) is 0.784. The van der Waals surface area contributed by atoms with E-state index in [1.54, 1.807) is 13.4 Å². The van der Waals surface area contributed by atoms with Crippen molar-refractivity contribution in [2.75, 3.05) is 13.7 Å². The predicted molar refractivity (Wildman–Crippen MR) is 91.2 cm³/mol. The van der Waals surface area contributed by atoms with Crippen molar-refractivity contribution in [2.45, 2.75) is 33.1 Å². The van der Waals surface area contributed by atoms with Crippen LogP contribution in [0.2, 0.25) is 0 Å². The van der Waals surface area contributed by atoms with Gasteiger partial charge in [-0.15, -0.1) is 0 Å². The molecule has 5 heteroatoms. The molecule has 0 aliphatic heterocycles.